The molecule has 0 saturated carbocycles. The maximum absolute atomic E-state index is 13.8. The molecular weight excluding hydrogens is 528 g/mol. The molecule has 9 nitrogen and oxygen atoms in total. The summed E-state index contributed by atoms with van der Waals surface area (Å²) in [7, 11) is 0. The number of carbonyl (C=O) groups is 4. The average Bonchev–Trinajstić information content (AvgIpc) is 2.94. The van der Waals surface area contributed by atoms with Crippen LogP contribution in [0, 0.1) is 0 Å². The van der Waals surface area contributed by atoms with Gasteiger partial charge >= 0.3 is 5.97 Å². The number of carboxylic acids is 1. The van der Waals surface area contributed by atoms with Crippen LogP contribution in [0.2, 0.25) is 0 Å². The van der Waals surface area contributed by atoms with Crippen LogP contribution in [0.5, 0.6) is 0 Å². The molecule has 10 heteroatoms. The van der Waals surface area contributed by atoms with Gasteiger partial charge in [-0.1, -0.05) is 91.0 Å². The predicted molar refractivity (Wildman–Crippen MR) is 156 cm³/mol. The number of benzene rings is 3. The lowest BCUT2D eigenvalue weighted by Gasteiger charge is -2.37. The molecule has 3 aromatic carbocycles. The van der Waals surface area contributed by atoms with Crippen molar-refractivity contribution in [3.63, 3.8) is 0 Å². The van der Waals surface area contributed by atoms with E-state index in [2.05, 4.69) is 28.6 Å². The van der Waals surface area contributed by atoms with Crippen molar-refractivity contribution < 1.29 is 24.3 Å². The van der Waals surface area contributed by atoms with Gasteiger partial charge in [0.2, 0.25) is 17.7 Å². The molecule has 0 heterocycles. The number of nitrogens with two attached hydrogens (primary N) is 1. The molecule has 0 spiro atoms. The third kappa shape index (κ3) is 7.28. The minimum Gasteiger partial charge on any atom is -0.480 e. The van der Waals surface area contributed by atoms with Crippen molar-refractivity contribution in [2.24, 2.45) is 5.73 Å². The Labute approximate surface area is 239 Å². The average molecular weight is 563 g/mol. The quantitative estimate of drug-likeness (QED) is 0.147. The highest BCUT2D eigenvalue weighted by atomic mass is 32.1. The summed E-state index contributed by atoms with van der Waals surface area (Å²) in [6.07, 6.45) is -0.485. The molecule has 0 aliphatic rings. The van der Waals surface area contributed by atoms with Crippen molar-refractivity contribution >= 4 is 36.3 Å². The first kappa shape index (κ1) is 30.4. The summed E-state index contributed by atoms with van der Waals surface area (Å²) in [6, 6.07) is 25.5. The van der Waals surface area contributed by atoms with Gasteiger partial charge in [0.15, 0.2) is 0 Å². The zero-order valence-electron chi connectivity index (χ0n) is 22.3. The molecule has 2 atom stereocenters. The summed E-state index contributed by atoms with van der Waals surface area (Å²) in [6.45, 7) is 2.91. The molecule has 0 fully saturated rings. The zero-order chi connectivity index (χ0) is 29.3. The number of hydrogen-bond acceptors (Lipinski definition) is 6. The molecule has 3 rings (SSSR count). The van der Waals surface area contributed by atoms with Crippen LogP contribution in [0.15, 0.2) is 91.0 Å². The highest BCUT2D eigenvalue weighted by Crippen LogP contribution is 2.36. The molecule has 3 aromatic rings. The Morgan fingerprint density at radius 2 is 1.20 bits per heavy atom. The van der Waals surface area contributed by atoms with Crippen LogP contribution in [0.25, 0.3) is 0 Å². The number of nitrogens with one attached hydrogen (secondary N) is 3. The van der Waals surface area contributed by atoms with Gasteiger partial charge in [0, 0.05) is 5.75 Å². The lowest BCUT2D eigenvalue weighted by atomic mass is 9.77. The third-order valence-corrected chi connectivity index (χ3v) is 6.71. The molecule has 0 aliphatic carbocycles. The largest absolute Gasteiger partial charge is 0.480 e. The van der Waals surface area contributed by atoms with Crippen molar-refractivity contribution in [1.29, 1.82) is 0 Å². The number of rotatable bonds is 12. The third-order valence-electron chi connectivity index (χ3n) is 6.34. The van der Waals surface area contributed by atoms with E-state index >= 15 is 0 Å². The van der Waals surface area contributed by atoms with Crippen molar-refractivity contribution in [2.75, 3.05) is 5.75 Å². The second-order valence-electron chi connectivity index (χ2n) is 9.93. The van der Waals surface area contributed by atoms with Crippen molar-refractivity contribution in [3.8, 4) is 0 Å². The number of aliphatic carboxylic acids is 1. The molecule has 0 aromatic heterocycles. The molecule has 0 bridgehead atoms. The van der Waals surface area contributed by atoms with E-state index in [9.17, 15) is 24.3 Å². The Morgan fingerprint density at radius 1 is 0.775 bits per heavy atom. The van der Waals surface area contributed by atoms with Crippen LogP contribution in [-0.4, -0.2) is 52.2 Å². The van der Waals surface area contributed by atoms with Gasteiger partial charge in [-0.2, -0.15) is 12.6 Å². The number of amides is 3. The van der Waals surface area contributed by atoms with E-state index in [-0.39, 0.29) is 5.75 Å². The van der Waals surface area contributed by atoms with Crippen molar-refractivity contribution in [2.45, 2.75) is 43.4 Å². The molecular formula is C30H34N4O5S. The van der Waals surface area contributed by atoms with Gasteiger partial charge in [0.25, 0.3) is 0 Å². The lowest BCUT2D eigenvalue weighted by molar-refractivity contribution is -0.141. The predicted octanol–water partition coefficient (Wildman–Crippen LogP) is 2.21. The Hall–Kier alpha value is -4.15. The minimum atomic E-state index is -1.41. The van der Waals surface area contributed by atoms with E-state index < -0.39 is 53.3 Å². The molecule has 210 valence electrons. The van der Waals surface area contributed by atoms with E-state index in [1.165, 1.54) is 13.8 Å². The van der Waals surface area contributed by atoms with Crippen LogP contribution in [-0.2, 0) is 24.7 Å². The fourth-order valence-corrected chi connectivity index (χ4v) is 4.49. The Kier molecular flexibility index (Phi) is 10.1. The van der Waals surface area contributed by atoms with Gasteiger partial charge in [0.05, 0.1) is 12.0 Å². The van der Waals surface area contributed by atoms with E-state index in [4.69, 9.17) is 5.73 Å². The normalized spacial score (nSPS) is 13.0. The maximum atomic E-state index is 13.8. The molecule has 0 unspecified atom stereocenters. The van der Waals surface area contributed by atoms with Gasteiger partial charge in [-0.15, -0.1) is 0 Å². The van der Waals surface area contributed by atoms with Gasteiger partial charge in [-0.3, -0.25) is 14.4 Å². The number of carbonyl (C=O) groups excluding carboxylic acids is 3. The van der Waals surface area contributed by atoms with E-state index in [0.717, 1.165) is 16.7 Å². The molecule has 3 amide bonds. The topological polar surface area (TPSA) is 151 Å². The number of thiol groups is 1. The fraction of sp³-hybridized carbons (Fsp3) is 0.267. The highest BCUT2D eigenvalue weighted by Gasteiger charge is 2.39. The van der Waals surface area contributed by atoms with Crippen LogP contribution >= 0.6 is 12.6 Å². The Morgan fingerprint density at radius 3 is 1.55 bits per heavy atom. The highest BCUT2D eigenvalue weighted by molar-refractivity contribution is 7.80. The van der Waals surface area contributed by atoms with Crippen LogP contribution < -0.4 is 21.7 Å². The zero-order valence-corrected chi connectivity index (χ0v) is 23.2. The first-order chi connectivity index (χ1) is 19.0. The van der Waals surface area contributed by atoms with Crippen LogP contribution in [0.1, 0.15) is 37.0 Å². The summed E-state index contributed by atoms with van der Waals surface area (Å²) in [5, 5.41) is 17.4. The minimum absolute atomic E-state index is 0.185. The summed E-state index contributed by atoms with van der Waals surface area (Å²) in [5.74, 6) is -3.58. The molecule has 40 heavy (non-hydrogen) atoms. The van der Waals surface area contributed by atoms with Gasteiger partial charge < -0.3 is 26.8 Å². The van der Waals surface area contributed by atoms with E-state index in [1.54, 1.807) is 0 Å². The smallest absolute Gasteiger partial charge is 0.327 e. The van der Waals surface area contributed by atoms with Crippen molar-refractivity contribution in [3.05, 3.63) is 108 Å². The fourth-order valence-electron chi connectivity index (χ4n) is 4.24. The molecule has 0 radical (unpaired) electrons. The van der Waals surface area contributed by atoms with Crippen LogP contribution in [0.4, 0.5) is 0 Å². The molecule has 6 N–H and O–H groups in total. The Balaban J connectivity index is 2.05. The second-order valence-corrected chi connectivity index (χ2v) is 10.3. The Bertz CT molecular complexity index is 1220. The van der Waals surface area contributed by atoms with Crippen molar-refractivity contribution in [1.82, 2.24) is 16.0 Å². The maximum Gasteiger partial charge on any atom is 0.327 e. The standard InChI is InChI=1S/C30H34N4O5S/c1-29(2,31)28(39)33-23(26(36)32-24(19-40)27(37)38)18-25(35)34-30(20-12-6-3-7-13-20,21-14-8-4-9-15-21)22-16-10-5-11-17-22/h3-17,23-24,40H,18-19,31H2,1-2H3,(H,32,36)(H,33,39)(H,34,35)(H,37,38)/t23-,24-/m0/s1. The summed E-state index contributed by atoms with van der Waals surface area (Å²) < 4.78 is 0. The monoisotopic (exact) mass is 562 g/mol. The summed E-state index contributed by atoms with van der Waals surface area (Å²) >= 11 is 3.98. The number of hydrogen-bond donors (Lipinski definition) is 6. The van der Waals surface area contributed by atoms with Gasteiger partial charge in [-0.05, 0) is 30.5 Å². The second kappa shape index (κ2) is 13.3. The lowest BCUT2D eigenvalue weighted by Crippen LogP contribution is -2.59. The first-order valence-electron chi connectivity index (χ1n) is 12.7. The SMILES string of the molecule is CC(C)(N)C(=O)N[C@@H](CC(=O)NC(c1ccccc1)(c1ccccc1)c1ccccc1)C(=O)N[C@@H](CS)C(=O)O. The van der Waals surface area contributed by atoms with E-state index in [0.29, 0.717) is 0 Å². The van der Waals surface area contributed by atoms with Gasteiger partial charge in [0.1, 0.15) is 17.6 Å². The van der Waals surface area contributed by atoms with E-state index in [1.807, 2.05) is 91.0 Å². The summed E-state index contributed by atoms with van der Waals surface area (Å²) in [4.78, 5) is 51.2. The van der Waals surface area contributed by atoms with Gasteiger partial charge in [-0.25, -0.2) is 4.79 Å². The first-order valence-corrected chi connectivity index (χ1v) is 13.3. The molecule has 0 aliphatic heterocycles. The number of carboxylic acid groups (broad SMARTS) is 1. The molecule has 0 saturated heterocycles. The summed E-state index contributed by atoms with van der Waals surface area (Å²) in [5.41, 5.74) is 5.73. The van der Waals surface area contributed by atoms with Crippen LogP contribution in [0.3, 0.4) is 0 Å².